The van der Waals surface area contributed by atoms with Gasteiger partial charge in [0.1, 0.15) is 0 Å². The van der Waals surface area contributed by atoms with Gasteiger partial charge in [0, 0.05) is 15.4 Å². The smallest absolute Gasteiger partial charge is 0.336 e. The summed E-state index contributed by atoms with van der Waals surface area (Å²) in [5.41, 5.74) is 0.0549. The minimum absolute atomic E-state index is 0.0447. The molecule has 0 atom stereocenters. The van der Waals surface area contributed by atoms with E-state index in [1.807, 2.05) is 0 Å². The van der Waals surface area contributed by atoms with Gasteiger partial charge in [-0.1, -0.05) is 39.8 Å². The number of carbonyl (C=O) groups is 1. The summed E-state index contributed by atoms with van der Waals surface area (Å²) in [5.74, 6) is -1.08. The molecule has 0 unspecified atom stereocenters. The third kappa shape index (κ3) is 3.17. The number of hydrogen-bond donors (Lipinski definition) is 1. The Morgan fingerprint density at radius 1 is 1.20 bits per heavy atom. The van der Waals surface area contributed by atoms with Crippen molar-refractivity contribution in [1.82, 2.24) is 0 Å². The molecule has 2 aromatic carbocycles. The first kappa shape index (κ1) is 14.5. The number of nitrogens with zero attached hydrogens (tertiary/aromatic N) is 1. The number of nitro benzene ring substituents is 1. The molecule has 2 rings (SSSR count). The number of nitro groups is 1. The van der Waals surface area contributed by atoms with E-state index in [1.54, 1.807) is 30.3 Å². The summed E-state index contributed by atoms with van der Waals surface area (Å²) < 4.78 is 0.641. The number of carboxylic acids is 1. The Morgan fingerprint density at radius 3 is 2.55 bits per heavy atom. The van der Waals surface area contributed by atoms with Gasteiger partial charge in [0.05, 0.1) is 15.4 Å². The highest BCUT2D eigenvalue weighted by molar-refractivity contribution is 9.10. The number of para-hydroxylation sites is 1. The van der Waals surface area contributed by atoms with Crippen LogP contribution in [0.25, 0.3) is 0 Å². The van der Waals surface area contributed by atoms with Crippen LogP contribution in [-0.2, 0) is 0 Å². The molecule has 0 radical (unpaired) electrons. The van der Waals surface area contributed by atoms with E-state index < -0.39 is 10.9 Å². The Hall–Kier alpha value is -1.86. The summed E-state index contributed by atoms with van der Waals surface area (Å²) in [6.45, 7) is 0. The summed E-state index contributed by atoms with van der Waals surface area (Å²) in [6.07, 6.45) is 0. The predicted octanol–water partition coefficient (Wildman–Crippen LogP) is 4.21. The zero-order valence-corrected chi connectivity index (χ0v) is 12.3. The Labute approximate surface area is 126 Å². The number of hydrogen-bond acceptors (Lipinski definition) is 4. The maximum Gasteiger partial charge on any atom is 0.336 e. The average Bonchev–Trinajstić information content (AvgIpc) is 2.41. The van der Waals surface area contributed by atoms with E-state index in [9.17, 15) is 20.0 Å². The van der Waals surface area contributed by atoms with Gasteiger partial charge in [-0.05, 0) is 24.3 Å². The molecule has 0 aliphatic carbocycles. The van der Waals surface area contributed by atoms with Gasteiger partial charge in [-0.3, -0.25) is 10.1 Å². The first-order valence-electron chi connectivity index (χ1n) is 5.43. The van der Waals surface area contributed by atoms with Crippen molar-refractivity contribution in [1.29, 1.82) is 0 Å². The van der Waals surface area contributed by atoms with Crippen molar-refractivity contribution in [3.05, 3.63) is 62.6 Å². The molecule has 7 heteroatoms. The van der Waals surface area contributed by atoms with Crippen LogP contribution in [0, 0.1) is 10.1 Å². The second kappa shape index (κ2) is 6.06. The van der Waals surface area contributed by atoms with Crippen LogP contribution >= 0.6 is 27.7 Å². The van der Waals surface area contributed by atoms with Crippen LogP contribution in [0.4, 0.5) is 5.69 Å². The number of carboxylic acid groups (broad SMARTS) is 1. The summed E-state index contributed by atoms with van der Waals surface area (Å²) in [4.78, 5) is 22.5. The minimum Gasteiger partial charge on any atom is -0.478 e. The minimum atomic E-state index is -1.08. The highest BCUT2D eigenvalue weighted by Crippen LogP contribution is 2.37. The summed E-state index contributed by atoms with van der Waals surface area (Å²) in [6, 6.07) is 11.0. The third-order valence-corrected chi connectivity index (χ3v) is 4.09. The van der Waals surface area contributed by atoms with Crippen molar-refractivity contribution in [3.8, 4) is 0 Å². The van der Waals surface area contributed by atoms with E-state index in [2.05, 4.69) is 15.9 Å². The molecular weight excluding hydrogens is 346 g/mol. The van der Waals surface area contributed by atoms with Crippen LogP contribution in [0.3, 0.4) is 0 Å². The zero-order chi connectivity index (χ0) is 14.7. The maximum absolute atomic E-state index is 11.2. The van der Waals surface area contributed by atoms with E-state index >= 15 is 0 Å². The molecule has 0 saturated carbocycles. The van der Waals surface area contributed by atoms with Gasteiger partial charge in [-0.25, -0.2) is 4.79 Å². The number of rotatable bonds is 4. The predicted molar refractivity (Wildman–Crippen MR) is 78.3 cm³/mol. The topological polar surface area (TPSA) is 80.4 Å². The zero-order valence-electron chi connectivity index (χ0n) is 9.95. The van der Waals surface area contributed by atoms with E-state index in [1.165, 1.54) is 12.1 Å². The summed E-state index contributed by atoms with van der Waals surface area (Å²) in [7, 11) is 0. The van der Waals surface area contributed by atoms with Crippen LogP contribution in [0.1, 0.15) is 10.4 Å². The number of benzene rings is 2. The second-order valence-corrected chi connectivity index (χ2v) is 5.77. The fraction of sp³-hybridized carbons (Fsp3) is 0. The Bertz CT molecular complexity index is 690. The molecule has 0 amide bonds. The highest BCUT2D eigenvalue weighted by atomic mass is 79.9. The standard InChI is InChI=1S/C13H8BrNO4S/c14-8-5-6-11(9(7-8)13(16)17)20-12-4-2-1-3-10(12)15(18)19/h1-7H,(H,16,17). The lowest BCUT2D eigenvalue weighted by Crippen LogP contribution is -1.99. The molecule has 0 bridgehead atoms. The van der Waals surface area contributed by atoms with Gasteiger partial charge < -0.3 is 5.11 Å². The van der Waals surface area contributed by atoms with Crippen LogP contribution in [-0.4, -0.2) is 16.0 Å². The molecule has 1 N–H and O–H groups in total. The molecule has 102 valence electrons. The maximum atomic E-state index is 11.2. The molecule has 0 spiro atoms. The van der Waals surface area contributed by atoms with E-state index in [4.69, 9.17) is 0 Å². The summed E-state index contributed by atoms with van der Waals surface area (Å²) in [5, 5.41) is 20.1. The Kier molecular flexibility index (Phi) is 4.41. The molecule has 0 heterocycles. The second-order valence-electron chi connectivity index (χ2n) is 3.77. The van der Waals surface area contributed by atoms with Gasteiger partial charge >= 0.3 is 5.97 Å². The molecule has 0 aliphatic heterocycles. The van der Waals surface area contributed by atoms with Crippen LogP contribution in [0.5, 0.6) is 0 Å². The van der Waals surface area contributed by atoms with Gasteiger partial charge in [0.2, 0.25) is 0 Å². The van der Waals surface area contributed by atoms with E-state index in [0.717, 1.165) is 11.8 Å². The largest absolute Gasteiger partial charge is 0.478 e. The SMILES string of the molecule is O=C(O)c1cc(Br)ccc1Sc1ccccc1[N+](=O)[O-]. The van der Waals surface area contributed by atoms with Gasteiger partial charge in [-0.2, -0.15) is 0 Å². The van der Waals surface area contributed by atoms with Crippen molar-refractivity contribution in [2.75, 3.05) is 0 Å². The molecule has 0 aliphatic rings. The lowest BCUT2D eigenvalue weighted by Gasteiger charge is -2.06. The van der Waals surface area contributed by atoms with Crippen molar-refractivity contribution >= 4 is 39.3 Å². The van der Waals surface area contributed by atoms with Crippen LogP contribution < -0.4 is 0 Å². The Balaban J connectivity index is 2.45. The van der Waals surface area contributed by atoms with Crippen molar-refractivity contribution < 1.29 is 14.8 Å². The van der Waals surface area contributed by atoms with Gasteiger partial charge in [0.25, 0.3) is 5.69 Å². The number of aromatic carboxylic acids is 1. The molecule has 5 nitrogen and oxygen atoms in total. The fourth-order valence-corrected chi connectivity index (χ4v) is 2.96. The molecule has 20 heavy (non-hydrogen) atoms. The van der Waals surface area contributed by atoms with E-state index in [0.29, 0.717) is 14.3 Å². The molecule has 0 aromatic heterocycles. The number of halogens is 1. The van der Waals surface area contributed by atoms with E-state index in [-0.39, 0.29) is 11.3 Å². The normalized spacial score (nSPS) is 10.2. The van der Waals surface area contributed by atoms with Crippen LogP contribution in [0.15, 0.2) is 56.7 Å². The lowest BCUT2D eigenvalue weighted by atomic mass is 10.2. The first-order chi connectivity index (χ1) is 9.49. The highest BCUT2D eigenvalue weighted by Gasteiger charge is 2.17. The summed E-state index contributed by atoms with van der Waals surface area (Å²) >= 11 is 4.27. The van der Waals surface area contributed by atoms with Gasteiger partial charge in [0.15, 0.2) is 0 Å². The van der Waals surface area contributed by atoms with Crippen molar-refractivity contribution in [2.45, 2.75) is 9.79 Å². The molecule has 0 fully saturated rings. The monoisotopic (exact) mass is 353 g/mol. The first-order valence-corrected chi connectivity index (χ1v) is 7.04. The molecule has 2 aromatic rings. The van der Waals surface area contributed by atoms with Crippen molar-refractivity contribution in [2.24, 2.45) is 0 Å². The van der Waals surface area contributed by atoms with Crippen LogP contribution in [0.2, 0.25) is 0 Å². The fourth-order valence-electron chi connectivity index (χ4n) is 1.57. The lowest BCUT2D eigenvalue weighted by molar-refractivity contribution is -0.387. The third-order valence-electron chi connectivity index (χ3n) is 2.45. The average molecular weight is 354 g/mol. The Morgan fingerprint density at radius 2 is 1.90 bits per heavy atom. The van der Waals surface area contributed by atoms with Crippen molar-refractivity contribution in [3.63, 3.8) is 0 Å². The molecule has 0 saturated heterocycles. The quantitative estimate of drug-likeness (QED) is 0.657. The van der Waals surface area contributed by atoms with Gasteiger partial charge in [-0.15, -0.1) is 0 Å². The molecular formula is C13H8BrNO4S.